The van der Waals surface area contributed by atoms with Crippen LogP contribution in [-0.2, 0) is 18.1 Å². The Morgan fingerprint density at radius 3 is 2.55 bits per heavy atom. The fourth-order valence-electron chi connectivity index (χ4n) is 0.829. The Bertz CT molecular complexity index is 208. The minimum absolute atomic E-state index is 0.0911. The van der Waals surface area contributed by atoms with Crippen molar-refractivity contribution in [3.63, 3.8) is 0 Å². The molecule has 1 N–H and O–H groups in total. The third-order valence-corrected chi connectivity index (χ3v) is 1.42. The molecule has 0 aliphatic carbocycles. The summed E-state index contributed by atoms with van der Waals surface area (Å²) in [4.78, 5) is 0. The molecule has 0 aliphatic rings. The second-order valence-electron chi connectivity index (χ2n) is 2.30. The van der Waals surface area contributed by atoms with E-state index in [1.54, 1.807) is 7.11 Å². The third kappa shape index (κ3) is 2.29. The van der Waals surface area contributed by atoms with Crippen molar-refractivity contribution in [1.29, 1.82) is 0 Å². The van der Waals surface area contributed by atoms with Gasteiger partial charge in [0.2, 0.25) is 0 Å². The number of hydrogen-bond donors (Lipinski definition) is 1. The van der Waals surface area contributed by atoms with Crippen LogP contribution in [0, 0.1) is 0 Å². The SMILES string of the molecule is COC[n+]1ccc(CO)cc1. The second kappa shape index (κ2) is 4.05. The van der Waals surface area contributed by atoms with Gasteiger partial charge in [0.25, 0.3) is 6.73 Å². The monoisotopic (exact) mass is 154 g/mol. The van der Waals surface area contributed by atoms with Crippen molar-refractivity contribution in [3.8, 4) is 0 Å². The van der Waals surface area contributed by atoms with E-state index in [9.17, 15) is 0 Å². The van der Waals surface area contributed by atoms with Crippen LogP contribution in [0.25, 0.3) is 0 Å². The number of aliphatic hydroxyl groups excluding tert-OH is 1. The van der Waals surface area contributed by atoms with Crippen LogP contribution < -0.4 is 4.57 Å². The summed E-state index contributed by atoms with van der Waals surface area (Å²) in [6, 6.07) is 3.72. The Morgan fingerprint density at radius 1 is 1.45 bits per heavy atom. The summed E-state index contributed by atoms with van der Waals surface area (Å²) in [6.07, 6.45) is 3.74. The number of aliphatic hydroxyl groups is 1. The van der Waals surface area contributed by atoms with E-state index in [0.717, 1.165) is 5.56 Å². The van der Waals surface area contributed by atoms with Gasteiger partial charge in [-0.1, -0.05) is 0 Å². The first-order chi connectivity index (χ1) is 5.36. The highest BCUT2D eigenvalue weighted by Gasteiger charge is 1.96. The van der Waals surface area contributed by atoms with E-state index in [1.807, 2.05) is 29.1 Å². The molecule has 1 aromatic heterocycles. The van der Waals surface area contributed by atoms with Gasteiger partial charge in [0, 0.05) is 19.2 Å². The van der Waals surface area contributed by atoms with Crippen molar-refractivity contribution in [3.05, 3.63) is 30.1 Å². The Hall–Kier alpha value is -0.930. The average Bonchev–Trinajstić information content (AvgIpc) is 2.07. The molecule has 0 saturated heterocycles. The molecule has 0 aliphatic heterocycles. The lowest BCUT2D eigenvalue weighted by atomic mass is 10.3. The van der Waals surface area contributed by atoms with Gasteiger partial charge in [-0.25, -0.2) is 0 Å². The average molecular weight is 154 g/mol. The van der Waals surface area contributed by atoms with E-state index in [1.165, 1.54) is 0 Å². The normalized spacial score (nSPS) is 10.0. The van der Waals surface area contributed by atoms with Crippen LogP contribution in [0.4, 0.5) is 0 Å². The van der Waals surface area contributed by atoms with Crippen LogP contribution in [0.2, 0.25) is 0 Å². The van der Waals surface area contributed by atoms with E-state index in [4.69, 9.17) is 9.84 Å². The highest BCUT2D eigenvalue weighted by molar-refractivity contribution is 5.04. The first-order valence-electron chi connectivity index (χ1n) is 3.44. The molecule has 11 heavy (non-hydrogen) atoms. The number of methoxy groups -OCH3 is 1. The predicted molar refractivity (Wildman–Crippen MR) is 39.6 cm³/mol. The van der Waals surface area contributed by atoms with Gasteiger partial charge in [-0.15, -0.1) is 0 Å². The maximum atomic E-state index is 8.72. The standard InChI is InChI=1S/C8H12NO2/c1-11-7-9-4-2-8(6-10)3-5-9/h2-5,10H,6-7H2,1H3/q+1. The second-order valence-corrected chi connectivity index (χ2v) is 2.30. The van der Waals surface area contributed by atoms with Gasteiger partial charge in [0.05, 0.1) is 6.61 Å². The smallest absolute Gasteiger partial charge is 0.252 e. The van der Waals surface area contributed by atoms with Gasteiger partial charge in [-0.2, -0.15) is 4.57 Å². The quantitative estimate of drug-likeness (QED) is 0.625. The van der Waals surface area contributed by atoms with Crippen molar-refractivity contribution in [1.82, 2.24) is 0 Å². The zero-order chi connectivity index (χ0) is 8.10. The van der Waals surface area contributed by atoms with Crippen molar-refractivity contribution < 1.29 is 14.4 Å². The number of rotatable bonds is 3. The van der Waals surface area contributed by atoms with E-state index >= 15 is 0 Å². The molecule has 0 fully saturated rings. The Morgan fingerprint density at radius 2 is 2.09 bits per heavy atom. The topological polar surface area (TPSA) is 33.3 Å². The zero-order valence-electron chi connectivity index (χ0n) is 6.53. The van der Waals surface area contributed by atoms with Gasteiger partial charge in [-0.3, -0.25) is 0 Å². The van der Waals surface area contributed by atoms with Crippen molar-refractivity contribution in [2.24, 2.45) is 0 Å². The lowest BCUT2D eigenvalue weighted by Crippen LogP contribution is -2.33. The van der Waals surface area contributed by atoms with Gasteiger partial charge in [0.15, 0.2) is 12.4 Å². The molecular weight excluding hydrogens is 142 g/mol. The highest BCUT2D eigenvalue weighted by atomic mass is 16.5. The van der Waals surface area contributed by atoms with E-state index in [2.05, 4.69) is 0 Å². The summed E-state index contributed by atoms with van der Waals surface area (Å²) >= 11 is 0. The maximum Gasteiger partial charge on any atom is 0.252 e. The molecule has 0 radical (unpaired) electrons. The van der Waals surface area contributed by atoms with Crippen molar-refractivity contribution in [2.75, 3.05) is 7.11 Å². The summed E-state index contributed by atoms with van der Waals surface area (Å²) in [7, 11) is 1.65. The first kappa shape index (κ1) is 8.17. The van der Waals surface area contributed by atoms with Gasteiger partial charge in [0.1, 0.15) is 0 Å². The molecule has 1 heterocycles. The zero-order valence-corrected chi connectivity index (χ0v) is 6.53. The number of hydrogen-bond acceptors (Lipinski definition) is 2. The summed E-state index contributed by atoms with van der Waals surface area (Å²) in [5.74, 6) is 0. The molecule has 3 nitrogen and oxygen atoms in total. The first-order valence-corrected chi connectivity index (χ1v) is 3.44. The molecule has 0 spiro atoms. The summed E-state index contributed by atoms with van der Waals surface area (Å²) in [5.41, 5.74) is 0.914. The summed E-state index contributed by atoms with van der Waals surface area (Å²) < 4.78 is 6.79. The predicted octanol–water partition coefficient (Wildman–Crippen LogP) is 0.0703. The Balaban J connectivity index is 2.66. The number of ether oxygens (including phenoxy) is 1. The number of aromatic nitrogens is 1. The number of nitrogens with zero attached hydrogens (tertiary/aromatic N) is 1. The Labute approximate surface area is 65.9 Å². The molecule has 0 bridgehead atoms. The van der Waals surface area contributed by atoms with Crippen LogP contribution >= 0.6 is 0 Å². The van der Waals surface area contributed by atoms with E-state index in [0.29, 0.717) is 6.73 Å². The molecule has 0 saturated carbocycles. The molecule has 1 aromatic rings. The molecule has 0 atom stereocenters. The molecule has 0 unspecified atom stereocenters. The molecule has 60 valence electrons. The molecular formula is C8H12NO2+. The van der Waals surface area contributed by atoms with E-state index < -0.39 is 0 Å². The van der Waals surface area contributed by atoms with Crippen molar-refractivity contribution in [2.45, 2.75) is 13.3 Å². The van der Waals surface area contributed by atoms with Crippen LogP contribution in [0.3, 0.4) is 0 Å². The van der Waals surface area contributed by atoms with E-state index in [-0.39, 0.29) is 6.61 Å². The Kier molecular flexibility index (Phi) is 3.01. The third-order valence-electron chi connectivity index (χ3n) is 1.42. The minimum Gasteiger partial charge on any atom is -0.392 e. The van der Waals surface area contributed by atoms with Crippen LogP contribution in [0.5, 0.6) is 0 Å². The van der Waals surface area contributed by atoms with Crippen molar-refractivity contribution >= 4 is 0 Å². The molecule has 1 rings (SSSR count). The molecule has 3 heteroatoms. The van der Waals surface area contributed by atoms with Gasteiger partial charge >= 0.3 is 0 Å². The van der Waals surface area contributed by atoms with Crippen LogP contribution in [0.15, 0.2) is 24.5 Å². The highest BCUT2D eigenvalue weighted by Crippen LogP contribution is 1.92. The van der Waals surface area contributed by atoms with Gasteiger partial charge < -0.3 is 9.84 Å². The van der Waals surface area contributed by atoms with Gasteiger partial charge in [-0.05, 0) is 5.56 Å². The van der Waals surface area contributed by atoms with Crippen LogP contribution in [-0.4, -0.2) is 12.2 Å². The fourth-order valence-corrected chi connectivity index (χ4v) is 0.829. The number of pyridine rings is 1. The van der Waals surface area contributed by atoms with Crippen LogP contribution in [0.1, 0.15) is 5.56 Å². The lowest BCUT2D eigenvalue weighted by Gasteiger charge is -1.95. The largest absolute Gasteiger partial charge is 0.392 e. The molecule has 0 amide bonds. The molecule has 0 aromatic carbocycles. The summed E-state index contributed by atoms with van der Waals surface area (Å²) in [6.45, 7) is 0.638. The fraction of sp³-hybridized carbons (Fsp3) is 0.375. The lowest BCUT2D eigenvalue weighted by molar-refractivity contribution is -0.731. The minimum atomic E-state index is 0.0911. The maximum absolute atomic E-state index is 8.72. The summed E-state index contributed by atoms with van der Waals surface area (Å²) in [5, 5.41) is 8.72.